The molecule has 0 unspecified atom stereocenters. The summed E-state index contributed by atoms with van der Waals surface area (Å²) < 4.78 is 10.7. The van der Waals surface area contributed by atoms with E-state index in [9.17, 15) is 0 Å². The van der Waals surface area contributed by atoms with E-state index in [1.54, 1.807) is 12.3 Å². The van der Waals surface area contributed by atoms with Crippen molar-refractivity contribution in [1.82, 2.24) is 15.6 Å². The van der Waals surface area contributed by atoms with Crippen LogP contribution in [0.5, 0.6) is 11.5 Å². The molecule has 0 amide bonds. The molecule has 1 aromatic heterocycles. The molecule has 2 N–H and O–H groups in total. The molecule has 0 bridgehead atoms. The lowest BCUT2D eigenvalue weighted by atomic mass is 10.2. The van der Waals surface area contributed by atoms with Crippen LogP contribution in [-0.4, -0.2) is 30.8 Å². The summed E-state index contributed by atoms with van der Waals surface area (Å²) >= 11 is 12.0. The first-order valence-corrected chi connectivity index (χ1v) is 9.12. The summed E-state index contributed by atoms with van der Waals surface area (Å²) in [5, 5.41) is 7.58. The van der Waals surface area contributed by atoms with E-state index in [1.807, 2.05) is 25.1 Å². The number of aliphatic imine (C=N–C) groups is 1. The Bertz CT molecular complexity index is 788. The van der Waals surface area contributed by atoms with Crippen molar-refractivity contribution in [2.45, 2.75) is 19.9 Å². The lowest BCUT2D eigenvalue weighted by Crippen LogP contribution is -2.38. The minimum absolute atomic E-state index is 0. The maximum absolute atomic E-state index is 6.21. The zero-order chi connectivity index (χ0) is 18.4. The molecule has 0 radical (unpaired) electrons. The third kappa shape index (κ3) is 6.29. The third-order valence-electron chi connectivity index (χ3n) is 3.75. The van der Waals surface area contributed by atoms with Crippen LogP contribution in [0.3, 0.4) is 0 Å². The maximum atomic E-state index is 6.21. The van der Waals surface area contributed by atoms with Gasteiger partial charge in [-0.25, -0.2) is 9.98 Å². The van der Waals surface area contributed by atoms with Gasteiger partial charge in [-0.3, -0.25) is 0 Å². The van der Waals surface area contributed by atoms with Gasteiger partial charge in [0.1, 0.15) is 5.15 Å². The molecule has 2 aromatic rings. The Hall–Kier alpha value is -1.45. The predicted octanol–water partition coefficient (Wildman–Crippen LogP) is 4.03. The van der Waals surface area contributed by atoms with Crippen molar-refractivity contribution in [2.75, 3.05) is 19.9 Å². The Balaban J connectivity index is 0.00000261. The fourth-order valence-corrected chi connectivity index (χ4v) is 2.90. The number of rotatable bonds is 6. The molecule has 0 saturated carbocycles. The van der Waals surface area contributed by atoms with Gasteiger partial charge in [0.2, 0.25) is 6.79 Å². The largest absolute Gasteiger partial charge is 0.454 e. The molecule has 27 heavy (non-hydrogen) atoms. The SMILES string of the molecule is CCNC(=NCc1cc(Cl)c2c(c1)OCO2)NCCc1ccc(Cl)nc1.I. The van der Waals surface area contributed by atoms with E-state index in [0.717, 1.165) is 36.6 Å². The number of pyridine rings is 1. The molecule has 0 fully saturated rings. The van der Waals surface area contributed by atoms with E-state index < -0.39 is 0 Å². The molecule has 1 aliphatic rings. The molecule has 2 heterocycles. The summed E-state index contributed by atoms with van der Waals surface area (Å²) in [4.78, 5) is 8.68. The maximum Gasteiger partial charge on any atom is 0.231 e. The van der Waals surface area contributed by atoms with E-state index in [2.05, 4.69) is 20.6 Å². The Morgan fingerprint density at radius 2 is 2.04 bits per heavy atom. The lowest BCUT2D eigenvalue weighted by molar-refractivity contribution is 0.174. The number of hydrogen-bond donors (Lipinski definition) is 2. The predicted molar refractivity (Wildman–Crippen MR) is 119 cm³/mol. The number of guanidine groups is 1. The molecule has 1 aromatic carbocycles. The number of halogens is 3. The van der Waals surface area contributed by atoms with Crippen LogP contribution in [0.15, 0.2) is 35.5 Å². The molecule has 9 heteroatoms. The number of nitrogens with one attached hydrogen (secondary N) is 2. The average molecular weight is 523 g/mol. The van der Waals surface area contributed by atoms with E-state index >= 15 is 0 Å². The van der Waals surface area contributed by atoms with Gasteiger partial charge in [-0.05, 0) is 42.7 Å². The van der Waals surface area contributed by atoms with Gasteiger partial charge in [0, 0.05) is 19.3 Å². The van der Waals surface area contributed by atoms with Gasteiger partial charge in [0.25, 0.3) is 0 Å². The number of hydrogen-bond acceptors (Lipinski definition) is 4. The van der Waals surface area contributed by atoms with Gasteiger partial charge in [0.05, 0.1) is 11.6 Å². The normalized spacial score (nSPS) is 12.5. The highest BCUT2D eigenvalue weighted by atomic mass is 127. The fraction of sp³-hybridized carbons (Fsp3) is 0.333. The molecule has 0 saturated heterocycles. The highest BCUT2D eigenvalue weighted by Crippen LogP contribution is 2.39. The van der Waals surface area contributed by atoms with Gasteiger partial charge in [-0.15, -0.1) is 24.0 Å². The monoisotopic (exact) mass is 522 g/mol. The van der Waals surface area contributed by atoms with Crippen LogP contribution in [0, 0.1) is 0 Å². The first kappa shape index (κ1) is 21.8. The van der Waals surface area contributed by atoms with Crippen molar-refractivity contribution in [1.29, 1.82) is 0 Å². The van der Waals surface area contributed by atoms with Crippen molar-refractivity contribution in [3.05, 3.63) is 51.8 Å². The fourth-order valence-electron chi connectivity index (χ4n) is 2.50. The molecule has 3 rings (SSSR count). The standard InChI is InChI=1S/C18H20Cl2N4O2.HI/c1-2-21-18(22-6-5-12-3-4-16(20)23-9-12)24-10-13-7-14(19)17-15(8-13)25-11-26-17;/h3-4,7-9H,2,5-6,10-11H2,1H3,(H2,21,22,24);1H. The first-order chi connectivity index (χ1) is 12.7. The van der Waals surface area contributed by atoms with Crippen LogP contribution in [-0.2, 0) is 13.0 Å². The van der Waals surface area contributed by atoms with Crippen LogP contribution in [0.2, 0.25) is 10.2 Å². The van der Waals surface area contributed by atoms with E-state index in [4.69, 9.17) is 32.7 Å². The van der Waals surface area contributed by atoms with Gasteiger partial charge < -0.3 is 20.1 Å². The van der Waals surface area contributed by atoms with E-state index in [1.165, 1.54) is 0 Å². The second kappa shape index (κ2) is 10.8. The molecule has 0 spiro atoms. The minimum atomic E-state index is 0. The second-order valence-corrected chi connectivity index (χ2v) is 6.47. The number of ether oxygens (including phenoxy) is 2. The van der Waals surface area contributed by atoms with Crippen molar-refractivity contribution < 1.29 is 9.47 Å². The Kier molecular flexibility index (Phi) is 8.72. The van der Waals surface area contributed by atoms with E-state index in [0.29, 0.717) is 28.2 Å². The van der Waals surface area contributed by atoms with Gasteiger partial charge >= 0.3 is 0 Å². The molecular formula is C18H21Cl2IN4O2. The minimum Gasteiger partial charge on any atom is -0.454 e. The molecule has 0 aliphatic carbocycles. The average Bonchev–Trinajstić information content (AvgIpc) is 3.10. The summed E-state index contributed by atoms with van der Waals surface area (Å²) in [6.45, 7) is 4.21. The van der Waals surface area contributed by atoms with Crippen molar-refractivity contribution >= 4 is 53.1 Å². The van der Waals surface area contributed by atoms with Gasteiger partial charge in [-0.2, -0.15) is 0 Å². The molecule has 6 nitrogen and oxygen atoms in total. The smallest absolute Gasteiger partial charge is 0.231 e. The third-order valence-corrected chi connectivity index (χ3v) is 4.25. The number of benzene rings is 1. The van der Waals surface area contributed by atoms with Crippen LogP contribution < -0.4 is 20.1 Å². The molecular weight excluding hydrogens is 502 g/mol. The zero-order valence-corrected chi connectivity index (χ0v) is 18.6. The highest BCUT2D eigenvalue weighted by Gasteiger charge is 2.18. The quantitative estimate of drug-likeness (QED) is 0.259. The van der Waals surface area contributed by atoms with Crippen LogP contribution in [0.25, 0.3) is 0 Å². The van der Waals surface area contributed by atoms with Crippen LogP contribution >= 0.6 is 47.2 Å². The Morgan fingerprint density at radius 3 is 2.78 bits per heavy atom. The topological polar surface area (TPSA) is 67.8 Å². The number of fused-ring (bicyclic) bond motifs is 1. The lowest BCUT2D eigenvalue weighted by Gasteiger charge is -2.11. The van der Waals surface area contributed by atoms with Crippen LogP contribution in [0.1, 0.15) is 18.1 Å². The van der Waals surface area contributed by atoms with Gasteiger partial charge in [-0.1, -0.05) is 29.3 Å². The number of aromatic nitrogens is 1. The molecule has 0 atom stereocenters. The summed E-state index contributed by atoms with van der Waals surface area (Å²) in [6.07, 6.45) is 2.60. The molecule has 1 aliphatic heterocycles. The highest BCUT2D eigenvalue weighted by molar-refractivity contribution is 14.0. The van der Waals surface area contributed by atoms with Crippen molar-refractivity contribution in [2.24, 2.45) is 4.99 Å². The summed E-state index contributed by atoms with van der Waals surface area (Å²) in [6, 6.07) is 7.51. The summed E-state index contributed by atoms with van der Waals surface area (Å²) in [5.41, 5.74) is 2.07. The van der Waals surface area contributed by atoms with E-state index in [-0.39, 0.29) is 30.8 Å². The van der Waals surface area contributed by atoms with Crippen molar-refractivity contribution in [3.8, 4) is 11.5 Å². The summed E-state index contributed by atoms with van der Waals surface area (Å²) in [7, 11) is 0. The Morgan fingerprint density at radius 1 is 1.19 bits per heavy atom. The second-order valence-electron chi connectivity index (χ2n) is 5.67. The number of nitrogens with zero attached hydrogens (tertiary/aromatic N) is 2. The summed E-state index contributed by atoms with van der Waals surface area (Å²) in [5.74, 6) is 2.00. The Labute approximate surface area is 185 Å². The zero-order valence-electron chi connectivity index (χ0n) is 14.8. The van der Waals surface area contributed by atoms with Crippen molar-refractivity contribution in [3.63, 3.8) is 0 Å². The first-order valence-electron chi connectivity index (χ1n) is 8.36. The van der Waals surface area contributed by atoms with Gasteiger partial charge in [0.15, 0.2) is 17.5 Å². The molecule has 146 valence electrons. The van der Waals surface area contributed by atoms with Crippen LogP contribution in [0.4, 0.5) is 0 Å².